The smallest absolute Gasteiger partial charge is 0.329 e. The number of rotatable bonds is 50. The number of hydrogen-bond acceptors (Lipinski definition) is 18. The van der Waals surface area contributed by atoms with Crippen molar-refractivity contribution in [3.63, 3.8) is 0 Å². The second-order valence-electron chi connectivity index (χ2n) is 10.6. The lowest BCUT2D eigenvalue weighted by molar-refractivity contribution is -0.142. The first kappa shape index (κ1) is 52.8. The summed E-state index contributed by atoms with van der Waals surface area (Å²) >= 11 is 0. The van der Waals surface area contributed by atoms with E-state index in [-0.39, 0.29) is 13.2 Å². The Hall–Kier alpha value is -1.21. The number of aliphatic carboxylic acids is 1. The molecule has 0 aromatic carbocycles. The lowest BCUT2D eigenvalue weighted by Crippen LogP contribution is -2.16. The van der Waals surface area contributed by atoms with Crippen molar-refractivity contribution in [1.29, 1.82) is 0 Å². The zero-order valence-electron chi connectivity index (χ0n) is 32.6. The zero-order valence-corrected chi connectivity index (χ0v) is 32.6. The van der Waals surface area contributed by atoms with Gasteiger partial charge in [-0.1, -0.05) is 0 Å². The highest BCUT2D eigenvalue weighted by molar-refractivity contribution is 5.67. The first-order valence-corrected chi connectivity index (χ1v) is 18.7. The molecule has 0 rings (SSSR count). The van der Waals surface area contributed by atoms with Gasteiger partial charge < -0.3 is 85.6 Å². The Kier molecular flexibility index (Phi) is 48.7. The molecule has 0 aliphatic rings. The SMILES string of the molecule is COCCOCCOCCOCCOCCOCCOCCOCCOCCOCCOCCOCCOCCOCCOCCOCCOCC(=O)O. The molecule has 0 saturated heterocycles. The number of hydrogen-bond donors (Lipinski definition) is 1. The molecular weight excluding hydrogens is 724 g/mol. The number of carboxylic acid groups (broad SMARTS) is 1. The largest absolute Gasteiger partial charge is 0.480 e. The molecule has 0 fully saturated rings. The fourth-order valence-corrected chi connectivity index (χ4v) is 3.60. The van der Waals surface area contributed by atoms with Crippen molar-refractivity contribution in [3.05, 3.63) is 0 Å². The van der Waals surface area contributed by atoms with Crippen LogP contribution in [0.4, 0.5) is 0 Å². The molecule has 0 aromatic heterocycles. The Balaban J connectivity index is 3.05. The van der Waals surface area contributed by atoms with Crippen LogP contribution in [0.25, 0.3) is 0 Å². The van der Waals surface area contributed by atoms with E-state index in [4.69, 9.17) is 85.6 Å². The maximum atomic E-state index is 10.3. The average molecular weight is 795 g/mol. The van der Waals surface area contributed by atoms with Gasteiger partial charge in [0.25, 0.3) is 0 Å². The number of methoxy groups -OCH3 is 1. The Morgan fingerprint density at radius 2 is 0.389 bits per heavy atom. The first-order chi connectivity index (χ1) is 26.8. The highest BCUT2D eigenvalue weighted by Crippen LogP contribution is 1.89. The minimum Gasteiger partial charge on any atom is -0.480 e. The molecule has 0 radical (unpaired) electrons. The summed E-state index contributed by atoms with van der Waals surface area (Å²) in [4.78, 5) is 10.3. The third-order valence-corrected chi connectivity index (χ3v) is 6.24. The molecule has 19 heteroatoms. The predicted octanol–water partition coefficient (Wildman–Crippen LogP) is -0.0170. The molecule has 0 aliphatic heterocycles. The van der Waals surface area contributed by atoms with E-state index in [0.29, 0.717) is 205 Å². The summed E-state index contributed by atoms with van der Waals surface area (Å²) in [6, 6.07) is 0. The monoisotopic (exact) mass is 794 g/mol. The summed E-state index contributed by atoms with van der Waals surface area (Å²) in [5, 5.41) is 8.43. The molecule has 0 heterocycles. The quantitative estimate of drug-likeness (QED) is 0.0807. The highest BCUT2D eigenvalue weighted by atomic mass is 16.6. The van der Waals surface area contributed by atoms with Crippen molar-refractivity contribution in [3.8, 4) is 0 Å². The first-order valence-electron chi connectivity index (χ1n) is 18.7. The molecule has 0 amide bonds. The minimum absolute atomic E-state index is 0.237. The third-order valence-electron chi connectivity index (χ3n) is 6.24. The van der Waals surface area contributed by atoms with Gasteiger partial charge in [0, 0.05) is 7.11 Å². The van der Waals surface area contributed by atoms with E-state index in [1.54, 1.807) is 7.11 Å². The van der Waals surface area contributed by atoms with Gasteiger partial charge in [-0.25, -0.2) is 4.79 Å². The van der Waals surface area contributed by atoms with Gasteiger partial charge in [-0.05, 0) is 0 Å². The van der Waals surface area contributed by atoms with Crippen LogP contribution in [0.1, 0.15) is 0 Å². The molecule has 1 N–H and O–H groups in total. The number of ether oxygens (including phenoxy) is 17. The van der Waals surface area contributed by atoms with Gasteiger partial charge in [0.05, 0.1) is 211 Å². The zero-order chi connectivity index (χ0) is 38.9. The summed E-state index contributed by atoms with van der Waals surface area (Å²) in [6.45, 7) is 15.1. The van der Waals surface area contributed by atoms with E-state index >= 15 is 0 Å². The molecule has 0 saturated carbocycles. The van der Waals surface area contributed by atoms with Crippen LogP contribution in [-0.2, 0) is 85.3 Å². The lowest BCUT2D eigenvalue weighted by Gasteiger charge is -2.09. The van der Waals surface area contributed by atoms with E-state index in [0.717, 1.165) is 0 Å². The van der Waals surface area contributed by atoms with Crippen LogP contribution < -0.4 is 0 Å². The van der Waals surface area contributed by atoms with Crippen molar-refractivity contribution in [2.45, 2.75) is 0 Å². The molecule has 0 aromatic rings. The Morgan fingerprint density at radius 1 is 0.259 bits per heavy atom. The van der Waals surface area contributed by atoms with Gasteiger partial charge in [-0.15, -0.1) is 0 Å². The molecule has 0 bridgehead atoms. The topological polar surface area (TPSA) is 194 Å². The molecule has 0 unspecified atom stereocenters. The maximum Gasteiger partial charge on any atom is 0.329 e. The van der Waals surface area contributed by atoms with Crippen molar-refractivity contribution in [1.82, 2.24) is 0 Å². The molecule has 0 aliphatic carbocycles. The second kappa shape index (κ2) is 49.8. The molecule has 0 spiro atoms. The highest BCUT2D eigenvalue weighted by Gasteiger charge is 1.99. The summed E-state index contributed by atoms with van der Waals surface area (Å²) in [6.07, 6.45) is 0. The van der Waals surface area contributed by atoms with Gasteiger partial charge in [0.15, 0.2) is 0 Å². The maximum absolute atomic E-state index is 10.3. The molecule has 19 nitrogen and oxygen atoms in total. The van der Waals surface area contributed by atoms with Gasteiger partial charge in [0.2, 0.25) is 0 Å². The standard InChI is InChI=1S/C35H70O19/c1-38-2-3-39-4-5-40-6-7-41-8-9-42-10-11-43-12-13-44-14-15-45-16-17-46-18-19-47-20-21-48-22-23-49-24-25-50-26-27-51-28-29-52-30-31-53-32-33-54-34-35(36)37/h2-34H2,1H3,(H,36,37). The van der Waals surface area contributed by atoms with E-state index < -0.39 is 5.97 Å². The lowest BCUT2D eigenvalue weighted by atomic mass is 10.6. The van der Waals surface area contributed by atoms with Crippen LogP contribution in [0.15, 0.2) is 0 Å². The van der Waals surface area contributed by atoms with Crippen LogP contribution in [0.5, 0.6) is 0 Å². The van der Waals surface area contributed by atoms with Crippen molar-refractivity contribution in [2.24, 2.45) is 0 Å². The van der Waals surface area contributed by atoms with Gasteiger partial charge in [-0.3, -0.25) is 0 Å². The third kappa shape index (κ3) is 50.8. The van der Waals surface area contributed by atoms with Crippen molar-refractivity contribution >= 4 is 5.97 Å². The summed E-state index contributed by atoms with van der Waals surface area (Å²) in [7, 11) is 1.64. The molecule has 0 atom stereocenters. The normalized spacial score (nSPS) is 11.6. The van der Waals surface area contributed by atoms with E-state index in [1.165, 1.54) is 0 Å². The van der Waals surface area contributed by atoms with Crippen LogP contribution in [0.2, 0.25) is 0 Å². The summed E-state index contributed by atoms with van der Waals surface area (Å²) in [5.74, 6) is -0.999. The van der Waals surface area contributed by atoms with Crippen molar-refractivity contribution in [2.75, 3.05) is 225 Å². The fourth-order valence-electron chi connectivity index (χ4n) is 3.60. The van der Waals surface area contributed by atoms with Crippen molar-refractivity contribution < 1.29 is 90.4 Å². The van der Waals surface area contributed by atoms with Gasteiger partial charge >= 0.3 is 5.97 Å². The Morgan fingerprint density at radius 3 is 0.519 bits per heavy atom. The Labute approximate surface area is 321 Å². The van der Waals surface area contributed by atoms with E-state index in [9.17, 15) is 4.79 Å². The fraction of sp³-hybridized carbons (Fsp3) is 0.971. The minimum atomic E-state index is -0.999. The van der Waals surface area contributed by atoms with Crippen LogP contribution in [0, 0.1) is 0 Å². The Bertz CT molecular complexity index is 697. The van der Waals surface area contributed by atoms with E-state index in [2.05, 4.69) is 0 Å². The van der Waals surface area contributed by atoms with E-state index in [1.807, 2.05) is 0 Å². The second-order valence-corrected chi connectivity index (χ2v) is 10.6. The molecular formula is C35H70O19. The molecule has 54 heavy (non-hydrogen) atoms. The van der Waals surface area contributed by atoms with Gasteiger partial charge in [0.1, 0.15) is 6.61 Å². The van der Waals surface area contributed by atoms with Crippen LogP contribution in [0.3, 0.4) is 0 Å². The average Bonchev–Trinajstić information content (AvgIpc) is 3.17. The summed E-state index contributed by atoms with van der Waals surface area (Å²) < 4.78 is 91.2. The summed E-state index contributed by atoms with van der Waals surface area (Å²) in [5.41, 5.74) is 0. The van der Waals surface area contributed by atoms with Crippen LogP contribution >= 0.6 is 0 Å². The van der Waals surface area contributed by atoms with Crippen LogP contribution in [-0.4, -0.2) is 236 Å². The molecule has 324 valence electrons. The van der Waals surface area contributed by atoms with Gasteiger partial charge in [-0.2, -0.15) is 0 Å². The predicted molar refractivity (Wildman–Crippen MR) is 193 cm³/mol. The number of carbonyl (C=O) groups is 1. The number of carboxylic acids is 1.